The number of nitrogens with two attached hydrogens (primary N) is 1. The molecule has 0 atom stereocenters. The van der Waals surface area contributed by atoms with Gasteiger partial charge in [0.2, 0.25) is 0 Å². The molecule has 7 heteroatoms. The van der Waals surface area contributed by atoms with Crippen LogP contribution in [0.15, 0.2) is 24.3 Å². The molecule has 1 aromatic rings. The first-order valence-corrected chi connectivity index (χ1v) is 5.57. The molecule has 19 heavy (non-hydrogen) atoms. The molecule has 1 saturated carbocycles. The van der Waals surface area contributed by atoms with Crippen LogP contribution in [-0.4, -0.2) is 12.4 Å². The van der Waals surface area contributed by atoms with E-state index in [0.29, 0.717) is 18.4 Å². The van der Waals surface area contributed by atoms with Gasteiger partial charge in [-0.1, -0.05) is 24.3 Å². The van der Waals surface area contributed by atoms with Gasteiger partial charge < -0.3 is 5.73 Å². The number of benzene rings is 1. The van der Waals surface area contributed by atoms with Crippen LogP contribution in [0.1, 0.15) is 29.9 Å². The number of alkyl halides is 6. The summed E-state index contributed by atoms with van der Waals surface area (Å²) in [6.45, 7) is 0. The highest BCUT2D eigenvalue weighted by atomic mass is 19.4. The normalized spacial score (nSPS) is 18.7. The number of hydrogen-bond donors (Lipinski definition) is 1. The predicted molar refractivity (Wildman–Crippen MR) is 56.4 cm³/mol. The summed E-state index contributed by atoms with van der Waals surface area (Å²) in [6.07, 6.45) is -9.35. The maximum atomic E-state index is 12.5. The molecule has 1 aliphatic carbocycles. The smallest absolute Gasteiger partial charge is 0.321 e. The molecule has 0 saturated heterocycles. The third kappa shape index (κ3) is 2.86. The summed E-state index contributed by atoms with van der Waals surface area (Å²) in [4.78, 5) is 0. The van der Waals surface area contributed by atoms with Crippen LogP contribution in [0.3, 0.4) is 0 Å². The summed E-state index contributed by atoms with van der Waals surface area (Å²) >= 11 is 0. The van der Waals surface area contributed by atoms with Crippen LogP contribution >= 0.6 is 0 Å². The third-order valence-corrected chi connectivity index (χ3v) is 3.26. The van der Waals surface area contributed by atoms with Crippen molar-refractivity contribution in [2.24, 2.45) is 5.73 Å². The summed E-state index contributed by atoms with van der Waals surface area (Å²) in [5.41, 5.74) is 5.00. The van der Waals surface area contributed by atoms with E-state index in [9.17, 15) is 26.3 Å². The van der Waals surface area contributed by atoms with E-state index in [1.807, 2.05) is 0 Å². The molecule has 0 amide bonds. The van der Waals surface area contributed by atoms with Crippen molar-refractivity contribution in [1.82, 2.24) is 0 Å². The molecule has 1 nitrogen and oxygen atoms in total. The lowest BCUT2D eigenvalue weighted by Gasteiger charge is -2.23. The van der Waals surface area contributed by atoms with Crippen LogP contribution in [0.2, 0.25) is 0 Å². The molecule has 0 unspecified atom stereocenters. The van der Waals surface area contributed by atoms with Crippen molar-refractivity contribution in [3.63, 3.8) is 0 Å². The Morgan fingerprint density at radius 3 is 1.63 bits per heavy atom. The molecule has 0 radical (unpaired) electrons. The van der Waals surface area contributed by atoms with Crippen molar-refractivity contribution in [2.75, 3.05) is 0 Å². The summed E-state index contributed by atoms with van der Waals surface area (Å²) in [5.74, 6) is -3.46. The lowest BCUT2D eigenvalue weighted by atomic mass is 9.95. The molecule has 0 spiro atoms. The van der Waals surface area contributed by atoms with Crippen molar-refractivity contribution < 1.29 is 26.3 Å². The molecule has 106 valence electrons. The Labute approximate surface area is 105 Å². The van der Waals surface area contributed by atoms with Gasteiger partial charge in [0.1, 0.15) is 0 Å². The average Bonchev–Trinajstić information content (AvgIpc) is 2.94. The summed E-state index contributed by atoms with van der Waals surface area (Å²) in [5, 5.41) is 0. The maximum absolute atomic E-state index is 12.5. The van der Waals surface area contributed by atoms with Crippen molar-refractivity contribution >= 4 is 0 Å². The van der Waals surface area contributed by atoms with Gasteiger partial charge in [-0.05, 0) is 24.0 Å². The Balaban J connectivity index is 2.33. The summed E-state index contributed by atoms with van der Waals surface area (Å²) in [6, 6.07) is 4.20. The van der Waals surface area contributed by atoms with Crippen LogP contribution in [0.25, 0.3) is 0 Å². The summed E-state index contributed by atoms with van der Waals surface area (Å²) < 4.78 is 75.0. The van der Waals surface area contributed by atoms with Crippen LogP contribution < -0.4 is 5.73 Å². The van der Waals surface area contributed by atoms with E-state index in [0.717, 1.165) is 12.1 Å². The fourth-order valence-electron chi connectivity index (χ4n) is 1.99. The largest absolute Gasteiger partial charge is 0.404 e. The van der Waals surface area contributed by atoms with Crippen molar-refractivity contribution in [2.45, 2.75) is 36.7 Å². The minimum atomic E-state index is -5.36. The molecule has 1 fully saturated rings. The van der Waals surface area contributed by atoms with E-state index in [4.69, 9.17) is 5.73 Å². The van der Waals surface area contributed by atoms with Crippen LogP contribution in [0.5, 0.6) is 0 Å². The topological polar surface area (TPSA) is 26.0 Å². The van der Waals surface area contributed by atoms with Gasteiger partial charge in [0, 0.05) is 5.54 Å². The van der Waals surface area contributed by atoms with E-state index in [1.165, 1.54) is 12.1 Å². The zero-order valence-electron chi connectivity index (χ0n) is 9.65. The lowest BCUT2D eigenvalue weighted by Crippen LogP contribution is -2.34. The Morgan fingerprint density at radius 2 is 1.32 bits per heavy atom. The second-order valence-electron chi connectivity index (χ2n) is 4.79. The van der Waals surface area contributed by atoms with Crippen molar-refractivity contribution in [3.05, 3.63) is 35.4 Å². The van der Waals surface area contributed by atoms with Crippen molar-refractivity contribution in [1.29, 1.82) is 0 Å². The number of rotatable bonds is 2. The Bertz CT molecular complexity index is 441. The monoisotopic (exact) mass is 283 g/mol. The number of halogens is 6. The van der Waals surface area contributed by atoms with Crippen LogP contribution in [0, 0.1) is 0 Å². The second kappa shape index (κ2) is 4.13. The fraction of sp³-hybridized carbons (Fsp3) is 0.500. The Kier molecular flexibility index (Phi) is 3.08. The van der Waals surface area contributed by atoms with Gasteiger partial charge in [0.05, 0.1) is 0 Å². The number of hydrogen-bond acceptors (Lipinski definition) is 1. The predicted octanol–water partition coefficient (Wildman–Crippen LogP) is 3.84. The Hall–Kier alpha value is -1.24. The van der Waals surface area contributed by atoms with E-state index in [-0.39, 0.29) is 0 Å². The maximum Gasteiger partial charge on any atom is 0.404 e. The molecule has 1 aromatic carbocycles. The molecule has 0 bridgehead atoms. The van der Waals surface area contributed by atoms with Gasteiger partial charge in [0.15, 0.2) is 5.92 Å². The first kappa shape index (κ1) is 14.2. The van der Waals surface area contributed by atoms with Crippen LogP contribution in [0.4, 0.5) is 26.3 Å². The van der Waals surface area contributed by atoms with Gasteiger partial charge in [-0.2, -0.15) is 26.3 Å². The lowest BCUT2D eigenvalue weighted by molar-refractivity contribution is -0.253. The summed E-state index contributed by atoms with van der Waals surface area (Å²) in [7, 11) is 0. The van der Waals surface area contributed by atoms with Crippen LogP contribution in [-0.2, 0) is 5.54 Å². The van der Waals surface area contributed by atoms with E-state index < -0.39 is 29.4 Å². The highest BCUT2D eigenvalue weighted by Crippen LogP contribution is 2.47. The first-order chi connectivity index (χ1) is 8.54. The molecular formula is C12H11F6N. The van der Waals surface area contributed by atoms with Gasteiger partial charge in [-0.15, -0.1) is 0 Å². The van der Waals surface area contributed by atoms with Gasteiger partial charge in [0.25, 0.3) is 0 Å². The molecule has 2 N–H and O–H groups in total. The zero-order valence-corrected chi connectivity index (χ0v) is 9.65. The highest BCUT2D eigenvalue weighted by Gasteiger charge is 2.57. The molecule has 0 aromatic heterocycles. The second-order valence-corrected chi connectivity index (χ2v) is 4.79. The SMILES string of the molecule is NC1(c2ccc(C(C(F)(F)F)C(F)(F)F)cc2)CC1. The van der Waals surface area contributed by atoms with E-state index in [2.05, 4.69) is 0 Å². The quantitative estimate of drug-likeness (QED) is 0.820. The Morgan fingerprint density at radius 1 is 0.895 bits per heavy atom. The van der Waals surface area contributed by atoms with E-state index in [1.54, 1.807) is 0 Å². The third-order valence-electron chi connectivity index (χ3n) is 3.26. The molecule has 0 heterocycles. The van der Waals surface area contributed by atoms with Gasteiger partial charge >= 0.3 is 12.4 Å². The molecule has 0 aliphatic heterocycles. The minimum Gasteiger partial charge on any atom is -0.321 e. The molecule has 2 rings (SSSR count). The van der Waals surface area contributed by atoms with Crippen molar-refractivity contribution in [3.8, 4) is 0 Å². The standard InChI is InChI=1S/C12H11F6N/c13-11(14,15)9(12(16,17)18)7-1-3-8(4-2-7)10(19)5-6-10/h1-4,9H,5-6,19H2. The average molecular weight is 283 g/mol. The molecular weight excluding hydrogens is 272 g/mol. The molecule has 1 aliphatic rings. The zero-order chi connectivity index (χ0) is 14.5. The fourth-order valence-corrected chi connectivity index (χ4v) is 1.99. The first-order valence-electron chi connectivity index (χ1n) is 5.57. The van der Waals surface area contributed by atoms with Gasteiger partial charge in [-0.3, -0.25) is 0 Å². The highest BCUT2D eigenvalue weighted by molar-refractivity contribution is 5.34. The van der Waals surface area contributed by atoms with E-state index >= 15 is 0 Å². The van der Waals surface area contributed by atoms with Gasteiger partial charge in [-0.25, -0.2) is 0 Å². The minimum absolute atomic E-state index is 0.569.